The number of rotatable bonds is 3. The minimum atomic E-state index is -0.885. The van der Waals surface area contributed by atoms with Crippen LogP contribution >= 0.6 is 11.6 Å². The van der Waals surface area contributed by atoms with Gasteiger partial charge in [0.1, 0.15) is 5.82 Å². The van der Waals surface area contributed by atoms with Crippen molar-refractivity contribution in [3.63, 3.8) is 0 Å². The van der Waals surface area contributed by atoms with Crippen molar-refractivity contribution in [3.05, 3.63) is 34.9 Å². The molecule has 1 aliphatic rings. The van der Waals surface area contributed by atoms with Crippen LogP contribution in [0.3, 0.4) is 0 Å². The zero-order chi connectivity index (χ0) is 15.4. The summed E-state index contributed by atoms with van der Waals surface area (Å²) in [5, 5.41) is 13.2. The first-order valence-corrected chi connectivity index (χ1v) is 6.72. The summed E-state index contributed by atoms with van der Waals surface area (Å²) < 4.78 is 18.2. The Morgan fingerprint density at radius 2 is 2.19 bits per heavy atom. The zero-order valence-electron chi connectivity index (χ0n) is 11.3. The highest BCUT2D eigenvalue weighted by Crippen LogP contribution is 2.64. The number of nitrogens with zero attached hydrogens (tertiary/aromatic N) is 2. The second-order valence-electron chi connectivity index (χ2n) is 5.70. The van der Waals surface area contributed by atoms with Crippen LogP contribution in [0.25, 0.3) is 11.4 Å². The summed E-state index contributed by atoms with van der Waals surface area (Å²) in [6.07, 6.45) is 0. The normalized spacial score (nSPS) is 23.0. The van der Waals surface area contributed by atoms with Crippen LogP contribution in [0.1, 0.15) is 25.7 Å². The highest BCUT2D eigenvalue weighted by atomic mass is 35.5. The lowest BCUT2D eigenvalue weighted by molar-refractivity contribution is -0.139. The molecule has 1 fully saturated rings. The SMILES string of the molecule is CC1(C)C(C(=O)O)C1c1nc(-c2ccc(F)cc2Cl)no1. The van der Waals surface area contributed by atoms with Crippen molar-refractivity contribution in [3.8, 4) is 11.4 Å². The Kier molecular flexibility index (Phi) is 3.02. The minimum Gasteiger partial charge on any atom is -0.481 e. The van der Waals surface area contributed by atoms with E-state index in [1.165, 1.54) is 12.1 Å². The zero-order valence-corrected chi connectivity index (χ0v) is 12.1. The van der Waals surface area contributed by atoms with E-state index in [1.807, 2.05) is 13.8 Å². The monoisotopic (exact) mass is 310 g/mol. The third-order valence-electron chi connectivity index (χ3n) is 3.97. The molecule has 0 saturated heterocycles. The predicted octanol–water partition coefficient (Wildman–Crippen LogP) is 3.35. The molecule has 3 rings (SSSR count). The molecule has 1 heterocycles. The average Bonchev–Trinajstić information content (AvgIpc) is 2.75. The Bertz CT molecular complexity index is 729. The molecule has 0 amide bonds. The first kappa shape index (κ1) is 14.0. The Labute approximate surface area is 124 Å². The van der Waals surface area contributed by atoms with E-state index in [0.29, 0.717) is 5.56 Å². The summed E-state index contributed by atoms with van der Waals surface area (Å²) >= 11 is 5.95. The van der Waals surface area contributed by atoms with Gasteiger partial charge >= 0.3 is 5.97 Å². The van der Waals surface area contributed by atoms with Crippen molar-refractivity contribution in [1.82, 2.24) is 10.1 Å². The van der Waals surface area contributed by atoms with Gasteiger partial charge in [-0.05, 0) is 23.6 Å². The second-order valence-corrected chi connectivity index (χ2v) is 6.10. The molecule has 0 radical (unpaired) electrons. The lowest BCUT2D eigenvalue weighted by atomic mass is 10.1. The van der Waals surface area contributed by atoms with Crippen LogP contribution in [0.2, 0.25) is 5.02 Å². The maximum Gasteiger partial charge on any atom is 0.307 e. The molecule has 0 spiro atoms. The molecule has 0 bridgehead atoms. The first-order chi connectivity index (χ1) is 9.82. The maximum absolute atomic E-state index is 13.0. The van der Waals surface area contributed by atoms with Crippen molar-refractivity contribution in [2.45, 2.75) is 19.8 Å². The fraction of sp³-hybridized carbons (Fsp3) is 0.357. The Balaban J connectivity index is 1.93. The van der Waals surface area contributed by atoms with Gasteiger partial charge in [0.05, 0.1) is 16.9 Å². The van der Waals surface area contributed by atoms with Gasteiger partial charge in [0.2, 0.25) is 11.7 Å². The van der Waals surface area contributed by atoms with Gasteiger partial charge in [0.15, 0.2) is 0 Å². The van der Waals surface area contributed by atoms with Crippen LogP contribution in [-0.2, 0) is 4.79 Å². The topological polar surface area (TPSA) is 76.2 Å². The van der Waals surface area contributed by atoms with E-state index in [4.69, 9.17) is 21.2 Å². The highest BCUT2D eigenvalue weighted by molar-refractivity contribution is 6.33. The molecule has 1 aromatic carbocycles. The number of hydrogen-bond donors (Lipinski definition) is 1. The van der Waals surface area contributed by atoms with Crippen LogP contribution in [0.4, 0.5) is 4.39 Å². The molecule has 2 atom stereocenters. The van der Waals surface area contributed by atoms with E-state index < -0.39 is 23.1 Å². The van der Waals surface area contributed by atoms with E-state index in [-0.39, 0.29) is 22.7 Å². The Morgan fingerprint density at radius 3 is 2.76 bits per heavy atom. The van der Waals surface area contributed by atoms with Crippen LogP contribution in [0.15, 0.2) is 22.7 Å². The fourth-order valence-corrected chi connectivity index (χ4v) is 2.95. The lowest BCUT2D eigenvalue weighted by Crippen LogP contribution is -2.03. The highest BCUT2D eigenvalue weighted by Gasteiger charge is 2.65. The molecule has 1 aromatic heterocycles. The molecule has 1 saturated carbocycles. The van der Waals surface area contributed by atoms with Crippen molar-refractivity contribution in [2.24, 2.45) is 11.3 Å². The number of carbonyl (C=O) groups is 1. The van der Waals surface area contributed by atoms with Crippen LogP contribution in [0, 0.1) is 17.2 Å². The van der Waals surface area contributed by atoms with E-state index in [1.54, 1.807) is 0 Å². The molecular formula is C14H12ClFN2O3. The number of aromatic nitrogens is 2. The van der Waals surface area contributed by atoms with Gasteiger partial charge in [0.25, 0.3) is 0 Å². The number of aliphatic carboxylic acids is 1. The predicted molar refractivity (Wildman–Crippen MR) is 72.3 cm³/mol. The van der Waals surface area contributed by atoms with Gasteiger partial charge in [-0.1, -0.05) is 30.6 Å². The smallest absolute Gasteiger partial charge is 0.307 e. The summed E-state index contributed by atoms with van der Waals surface area (Å²) in [4.78, 5) is 15.4. The molecule has 110 valence electrons. The third kappa shape index (κ3) is 2.19. The van der Waals surface area contributed by atoms with Crippen LogP contribution < -0.4 is 0 Å². The summed E-state index contributed by atoms with van der Waals surface area (Å²) in [5.74, 6) is -1.72. The molecule has 0 aliphatic heterocycles. The van der Waals surface area contributed by atoms with E-state index in [2.05, 4.69) is 10.1 Å². The number of halogens is 2. The summed E-state index contributed by atoms with van der Waals surface area (Å²) in [7, 11) is 0. The number of carboxylic acids is 1. The third-order valence-corrected chi connectivity index (χ3v) is 4.29. The van der Waals surface area contributed by atoms with Crippen LogP contribution in [0.5, 0.6) is 0 Å². The minimum absolute atomic E-state index is 0.173. The van der Waals surface area contributed by atoms with E-state index >= 15 is 0 Å². The molecule has 2 unspecified atom stereocenters. The summed E-state index contributed by atoms with van der Waals surface area (Å²) in [5.41, 5.74) is 0.0146. The molecule has 21 heavy (non-hydrogen) atoms. The van der Waals surface area contributed by atoms with E-state index in [9.17, 15) is 9.18 Å². The fourth-order valence-electron chi connectivity index (χ4n) is 2.70. The van der Waals surface area contributed by atoms with Gasteiger partial charge in [-0.2, -0.15) is 4.98 Å². The molecular weight excluding hydrogens is 299 g/mol. The van der Waals surface area contributed by atoms with Gasteiger partial charge in [0, 0.05) is 5.56 Å². The maximum atomic E-state index is 13.0. The van der Waals surface area contributed by atoms with Crippen molar-refractivity contribution in [1.29, 1.82) is 0 Å². The van der Waals surface area contributed by atoms with Gasteiger partial charge in [-0.3, -0.25) is 4.79 Å². The number of benzene rings is 1. The van der Waals surface area contributed by atoms with Gasteiger partial charge in [-0.15, -0.1) is 0 Å². The Morgan fingerprint density at radius 1 is 1.48 bits per heavy atom. The quantitative estimate of drug-likeness (QED) is 0.940. The largest absolute Gasteiger partial charge is 0.481 e. The molecule has 7 heteroatoms. The molecule has 1 aliphatic carbocycles. The Hall–Kier alpha value is -1.95. The number of carboxylic acid groups (broad SMARTS) is 1. The van der Waals surface area contributed by atoms with Gasteiger partial charge < -0.3 is 9.63 Å². The van der Waals surface area contributed by atoms with E-state index in [0.717, 1.165) is 6.07 Å². The van der Waals surface area contributed by atoms with Gasteiger partial charge in [-0.25, -0.2) is 4.39 Å². The number of hydrogen-bond acceptors (Lipinski definition) is 4. The van der Waals surface area contributed by atoms with Crippen molar-refractivity contribution < 1.29 is 18.8 Å². The first-order valence-electron chi connectivity index (χ1n) is 6.34. The molecule has 5 nitrogen and oxygen atoms in total. The van der Waals surface area contributed by atoms with Crippen molar-refractivity contribution in [2.75, 3.05) is 0 Å². The second kappa shape index (κ2) is 4.53. The van der Waals surface area contributed by atoms with Crippen molar-refractivity contribution >= 4 is 17.6 Å². The van der Waals surface area contributed by atoms with Crippen LogP contribution in [-0.4, -0.2) is 21.2 Å². The molecule has 2 aromatic rings. The standard InChI is InChI=1S/C14H12ClFN2O3/c1-14(2)9(10(14)13(19)20)12-17-11(18-21-12)7-4-3-6(16)5-8(7)15/h3-5,9-10H,1-2H3,(H,19,20). The summed E-state index contributed by atoms with van der Waals surface area (Å²) in [6.45, 7) is 3.68. The summed E-state index contributed by atoms with van der Waals surface area (Å²) in [6, 6.07) is 3.87. The average molecular weight is 311 g/mol. The lowest BCUT2D eigenvalue weighted by Gasteiger charge is -1.98. The molecule has 1 N–H and O–H groups in total.